The lowest BCUT2D eigenvalue weighted by Crippen LogP contribution is -2.14. The van der Waals surface area contributed by atoms with Gasteiger partial charge in [0.2, 0.25) is 5.89 Å². The molecule has 1 N–H and O–H groups in total. The zero-order valence-electron chi connectivity index (χ0n) is 12.7. The number of hydrogen-bond donors (Lipinski definition) is 2. The molecule has 1 saturated carbocycles. The van der Waals surface area contributed by atoms with E-state index >= 15 is 0 Å². The standard InChI is InChI=1S/C17H19NO4S/c19-15(23)9-12(17(20)21)16-18-13-7-6-11(8-14(13)22-16)10-4-2-1-3-5-10/h6-8,10,12H,1-5,9H2,(H,19,23)(H,20,21). The Morgan fingerprint density at radius 3 is 2.70 bits per heavy atom. The lowest BCUT2D eigenvalue weighted by atomic mass is 9.84. The minimum Gasteiger partial charge on any atom is -0.481 e. The van der Waals surface area contributed by atoms with Crippen LogP contribution in [-0.4, -0.2) is 21.2 Å². The topological polar surface area (TPSA) is 80.4 Å². The molecular weight excluding hydrogens is 314 g/mol. The molecular formula is C17H19NO4S. The molecule has 23 heavy (non-hydrogen) atoms. The van der Waals surface area contributed by atoms with Gasteiger partial charge in [-0.1, -0.05) is 25.3 Å². The van der Waals surface area contributed by atoms with E-state index in [1.54, 1.807) is 0 Å². The van der Waals surface area contributed by atoms with E-state index in [4.69, 9.17) is 4.42 Å². The maximum absolute atomic E-state index is 11.3. The molecule has 0 spiro atoms. The molecule has 3 rings (SSSR count). The van der Waals surface area contributed by atoms with Crippen LogP contribution in [0.4, 0.5) is 0 Å². The number of nitrogens with zero attached hydrogens (tertiary/aromatic N) is 1. The third-order valence-corrected chi connectivity index (χ3v) is 4.66. The fourth-order valence-corrected chi connectivity index (χ4v) is 3.44. The Balaban J connectivity index is 1.91. The largest absolute Gasteiger partial charge is 0.481 e. The average molecular weight is 333 g/mol. The third kappa shape index (κ3) is 3.58. The van der Waals surface area contributed by atoms with Crippen LogP contribution in [0.2, 0.25) is 0 Å². The number of carbonyl (C=O) groups excluding carboxylic acids is 1. The van der Waals surface area contributed by atoms with Crippen molar-refractivity contribution in [2.75, 3.05) is 0 Å². The molecule has 0 bridgehead atoms. The summed E-state index contributed by atoms with van der Waals surface area (Å²) in [5, 5.41) is 8.78. The van der Waals surface area contributed by atoms with Crippen LogP contribution in [0.1, 0.15) is 61.8 Å². The number of fused-ring (bicyclic) bond motifs is 1. The number of carboxylic acid groups (broad SMARTS) is 1. The number of carbonyl (C=O) groups is 2. The number of carboxylic acids is 1. The molecule has 1 fully saturated rings. The van der Waals surface area contributed by atoms with Crippen LogP contribution in [0.5, 0.6) is 0 Å². The first-order valence-corrected chi connectivity index (χ1v) is 8.34. The summed E-state index contributed by atoms with van der Waals surface area (Å²) in [5.74, 6) is -1.62. The number of oxazole rings is 1. The molecule has 6 heteroatoms. The van der Waals surface area contributed by atoms with E-state index in [0.29, 0.717) is 17.0 Å². The smallest absolute Gasteiger partial charge is 0.316 e. The Bertz CT molecular complexity index is 733. The molecule has 1 aliphatic carbocycles. The number of aliphatic carboxylic acids is 1. The molecule has 122 valence electrons. The molecule has 1 unspecified atom stereocenters. The SMILES string of the molecule is O=C(S)CC(C(=O)O)c1nc2ccc(C3CCCCC3)cc2o1. The van der Waals surface area contributed by atoms with Gasteiger partial charge in [-0.05, 0) is 36.5 Å². The summed E-state index contributed by atoms with van der Waals surface area (Å²) in [6, 6.07) is 5.88. The molecule has 0 amide bonds. The average Bonchev–Trinajstić information content (AvgIpc) is 2.95. The van der Waals surface area contributed by atoms with Gasteiger partial charge in [-0.15, -0.1) is 12.6 Å². The fourth-order valence-electron chi connectivity index (χ4n) is 3.25. The third-order valence-electron chi connectivity index (χ3n) is 4.48. The monoisotopic (exact) mass is 333 g/mol. The lowest BCUT2D eigenvalue weighted by molar-refractivity contribution is -0.140. The Hall–Kier alpha value is -1.82. The van der Waals surface area contributed by atoms with Crippen molar-refractivity contribution < 1.29 is 19.1 Å². The molecule has 0 radical (unpaired) electrons. The van der Waals surface area contributed by atoms with E-state index in [0.717, 1.165) is 0 Å². The number of benzene rings is 1. The maximum Gasteiger partial charge on any atom is 0.316 e. The second-order valence-electron chi connectivity index (χ2n) is 6.10. The van der Waals surface area contributed by atoms with E-state index in [1.165, 1.54) is 37.7 Å². The minimum atomic E-state index is -1.13. The van der Waals surface area contributed by atoms with Gasteiger partial charge in [0.15, 0.2) is 10.7 Å². The van der Waals surface area contributed by atoms with Crippen molar-refractivity contribution in [3.8, 4) is 0 Å². The maximum atomic E-state index is 11.3. The zero-order chi connectivity index (χ0) is 16.4. The van der Waals surface area contributed by atoms with Crippen molar-refractivity contribution in [3.63, 3.8) is 0 Å². The summed E-state index contributed by atoms with van der Waals surface area (Å²) in [6.45, 7) is 0. The van der Waals surface area contributed by atoms with E-state index in [1.807, 2.05) is 18.2 Å². The van der Waals surface area contributed by atoms with E-state index in [2.05, 4.69) is 17.6 Å². The summed E-state index contributed by atoms with van der Waals surface area (Å²) in [6.07, 6.45) is 5.91. The van der Waals surface area contributed by atoms with Crippen LogP contribution in [0, 0.1) is 0 Å². The number of rotatable bonds is 5. The summed E-state index contributed by atoms with van der Waals surface area (Å²) >= 11 is 3.66. The molecule has 0 saturated heterocycles. The summed E-state index contributed by atoms with van der Waals surface area (Å²) in [5.41, 5.74) is 2.43. The molecule has 5 nitrogen and oxygen atoms in total. The van der Waals surface area contributed by atoms with Crippen molar-refractivity contribution in [1.29, 1.82) is 0 Å². The van der Waals surface area contributed by atoms with E-state index in [-0.39, 0.29) is 12.3 Å². The van der Waals surface area contributed by atoms with Gasteiger partial charge in [0, 0.05) is 6.42 Å². The van der Waals surface area contributed by atoms with Gasteiger partial charge in [0.05, 0.1) is 0 Å². The first kappa shape index (κ1) is 16.1. The highest BCUT2D eigenvalue weighted by Crippen LogP contribution is 2.34. The molecule has 2 aromatic rings. The molecule has 1 aromatic heterocycles. The van der Waals surface area contributed by atoms with Crippen LogP contribution in [0.3, 0.4) is 0 Å². The highest BCUT2D eigenvalue weighted by atomic mass is 32.1. The van der Waals surface area contributed by atoms with Crippen molar-refractivity contribution in [2.24, 2.45) is 0 Å². The molecule has 1 heterocycles. The van der Waals surface area contributed by atoms with Crippen LogP contribution >= 0.6 is 12.6 Å². The first-order chi connectivity index (χ1) is 11.0. The van der Waals surface area contributed by atoms with Crippen molar-refractivity contribution in [3.05, 3.63) is 29.7 Å². The highest BCUT2D eigenvalue weighted by Gasteiger charge is 2.28. The number of hydrogen-bond acceptors (Lipinski definition) is 4. The van der Waals surface area contributed by atoms with Gasteiger partial charge in [0.25, 0.3) is 0 Å². The normalized spacial score (nSPS) is 17.3. The summed E-state index contributed by atoms with van der Waals surface area (Å²) in [4.78, 5) is 26.7. The fraction of sp³-hybridized carbons (Fsp3) is 0.471. The Kier molecular flexibility index (Phi) is 4.71. The van der Waals surface area contributed by atoms with Gasteiger partial charge in [-0.3, -0.25) is 9.59 Å². The predicted octanol–water partition coefficient (Wildman–Crippen LogP) is 3.89. The van der Waals surface area contributed by atoms with Gasteiger partial charge in [-0.2, -0.15) is 0 Å². The van der Waals surface area contributed by atoms with Crippen LogP contribution < -0.4 is 0 Å². The number of aromatic nitrogens is 1. The van der Waals surface area contributed by atoms with Crippen LogP contribution in [-0.2, 0) is 9.59 Å². The van der Waals surface area contributed by atoms with E-state index < -0.39 is 17.0 Å². The van der Waals surface area contributed by atoms with Gasteiger partial charge in [-0.25, -0.2) is 4.98 Å². The van der Waals surface area contributed by atoms with Crippen molar-refractivity contribution >= 4 is 34.8 Å². The first-order valence-electron chi connectivity index (χ1n) is 7.89. The molecule has 1 aromatic carbocycles. The second kappa shape index (κ2) is 6.74. The van der Waals surface area contributed by atoms with Crippen LogP contribution in [0.15, 0.2) is 22.6 Å². The van der Waals surface area contributed by atoms with Gasteiger partial charge < -0.3 is 9.52 Å². The quantitative estimate of drug-likeness (QED) is 0.811. The van der Waals surface area contributed by atoms with Crippen molar-refractivity contribution in [1.82, 2.24) is 4.98 Å². The predicted molar refractivity (Wildman–Crippen MR) is 88.8 cm³/mol. The Morgan fingerprint density at radius 2 is 2.04 bits per heavy atom. The molecule has 0 aliphatic heterocycles. The highest BCUT2D eigenvalue weighted by molar-refractivity contribution is 7.96. The molecule has 1 atom stereocenters. The Morgan fingerprint density at radius 1 is 1.30 bits per heavy atom. The minimum absolute atomic E-state index is 0.0655. The van der Waals surface area contributed by atoms with Crippen LogP contribution in [0.25, 0.3) is 11.1 Å². The summed E-state index contributed by atoms with van der Waals surface area (Å²) < 4.78 is 5.65. The zero-order valence-corrected chi connectivity index (χ0v) is 13.6. The van der Waals surface area contributed by atoms with Gasteiger partial charge >= 0.3 is 5.97 Å². The van der Waals surface area contributed by atoms with Gasteiger partial charge in [0.1, 0.15) is 11.4 Å². The second-order valence-corrected chi connectivity index (χ2v) is 6.60. The number of thiol groups is 1. The molecule has 1 aliphatic rings. The van der Waals surface area contributed by atoms with Crippen molar-refractivity contribution in [2.45, 2.75) is 50.4 Å². The summed E-state index contributed by atoms with van der Waals surface area (Å²) in [7, 11) is 0. The lowest BCUT2D eigenvalue weighted by Gasteiger charge is -2.21. The van der Waals surface area contributed by atoms with E-state index in [9.17, 15) is 14.7 Å². The Labute approximate surface area is 139 Å².